The molecular formula is C14H16ClN3O. The van der Waals surface area contributed by atoms with Gasteiger partial charge in [-0.3, -0.25) is 4.98 Å². The van der Waals surface area contributed by atoms with Crippen LogP contribution >= 0.6 is 11.6 Å². The number of benzene rings is 1. The van der Waals surface area contributed by atoms with Crippen molar-refractivity contribution in [2.24, 2.45) is 0 Å². The summed E-state index contributed by atoms with van der Waals surface area (Å²) in [6, 6.07) is 5.69. The molecule has 0 spiro atoms. The molecule has 2 aromatic rings. The molecule has 2 rings (SSSR count). The lowest BCUT2D eigenvalue weighted by Crippen LogP contribution is -2.21. The number of hydrogen-bond acceptors (Lipinski definition) is 4. The van der Waals surface area contributed by atoms with Crippen LogP contribution in [0.5, 0.6) is 5.88 Å². The lowest BCUT2D eigenvalue weighted by atomic mass is 9.99. The van der Waals surface area contributed by atoms with Crippen LogP contribution in [0.3, 0.4) is 0 Å². The summed E-state index contributed by atoms with van der Waals surface area (Å²) in [5, 5.41) is 3.93. The third-order valence-corrected chi connectivity index (χ3v) is 3.23. The Balaban J connectivity index is 2.53. The number of aryl methyl sites for hydroxylation is 1. The van der Waals surface area contributed by atoms with E-state index in [1.807, 2.05) is 32.2 Å². The highest BCUT2D eigenvalue weighted by Crippen LogP contribution is 2.29. The smallest absolute Gasteiger partial charge is 0.237 e. The number of ether oxygens (including phenoxy) is 1. The Labute approximate surface area is 117 Å². The third-order valence-electron chi connectivity index (χ3n) is 3.00. The van der Waals surface area contributed by atoms with E-state index in [1.165, 1.54) is 0 Å². The average molecular weight is 278 g/mol. The number of halogens is 1. The molecule has 1 aromatic carbocycles. The number of methoxy groups -OCH3 is 1. The predicted octanol–water partition coefficient (Wildman–Crippen LogP) is 2.76. The molecule has 0 fully saturated rings. The first-order valence-corrected chi connectivity index (χ1v) is 6.33. The van der Waals surface area contributed by atoms with Crippen molar-refractivity contribution in [3.63, 3.8) is 0 Å². The largest absolute Gasteiger partial charge is 0.480 e. The molecule has 1 heterocycles. The maximum Gasteiger partial charge on any atom is 0.237 e. The van der Waals surface area contributed by atoms with E-state index in [9.17, 15) is 0 Å². The quantitative estimate of drug-likeness (QED) is 0.933. The normalized spacial score (nSPS) is 12.2. The Bertz CT molecular complexity index is 574. The number of nitrogens with one attached hydrogen (secondary N) is 1. The molecule has 4 nitrogen and oxygen atoms in total. The monoisotopic (exact) mass is 277 g/mol. The number of aromatic nitrogens is 2. The molecule has 5 heteroatoms. The summed E-state index contributed by atoms with van der Waals surface area (Å²) in [6.45, 7) is 2.04. The van der Waals surface area contributed by atoms with Crippen molar-refractivity contribution < 1.29 is 4.74 Å². The molecule has 1 aromatic heterocycles. The molecule has 0 aliphatic heterocycles. The molecule has 0 amide bonds. The van der Waals surface area contributed by atoms with E-state index in [-0.39, 0.29) is 6.04 Å². The number of rotatable bonds is 4. The fourth-order valence-corrected chi connectivity index (χ4v) is 2.23. The zero-order valence-corrected chi connectivity index (χ0v) is 11.9. The summed E-state index contributed by atoms with van der Waals surface area (Å²) in [4.78, 5) is 8.56. The first-order valence-electron chi connectivity index (χ1n) is 5.95. The van der Waals surface area contributed by atoms with E-state index in [0.29, 0.717) is 10.9 Å². The van der Waals surface area contributed by atoms with Crippen LogP contribution in [0.25, 0.3) is 0 Å². The number of nitrogens with zero attached hydrogens (tertiary/aromatic N) is 2. The van der Waals surface area contributed by atoms with Crippen molar-refractivity contribution in [3.8, 4) is 5.88 Å². The molecule has 0 saturated carbocycles. The van der Waals surface area contributed by atoms with Gasteiger partial charge >= 0.3 is 0 Å². The lowest BCUT2D eigenvalue weighted by molar-refractivity contribution is 0.384. The zero-order chi connectivity index (χ0) is 13.8. The van der Waals surface area contributed by atoms with Gasteiger partial charge < -0.3 is 10.1 Å². The summed E-state index contributed by atoms with van der Waals surface area (Å²) in [7, 11) is 3.46. The molecule has 0 aliphatic rings. The van der Waals surface area contributed by atoms with Gasteiger partial charge in [-0.05, 0) is 37.2 Å². The van der Waals surface area contributed by atoms with E-state index in [0.717, 1.165) is 16.8 Å². The maximum absolute atomic E-state index is 6.08. The Morgan fingerprint density at radius 2 is 2.00 bits per heavy atom. The maximum atomic E-state index is 6.08. The minimum atomic E-state index is -0.109. The second-order valence-corrected chi connectivity index (χ2v) is 4.61. The van der Waals surface area contributed by atoms with Crippen LogP contribution in [0.4, 0.5) is 0 Å². The zero-order valence-electron chi connectivity index (χ0n) is 11.1. The topological polar surface area (TPSA) is 47.0 Å². The van der Waals surface area contributed by atoms with Crippen LogP contribution in [0.2, 0.25) is 5.02 Å². The summed E-state index contributed by atoms with van der Waals surface area (Å²) in [5.74, 6) is 0.515. The molecule has 100 valence electrons. The van der Waals surface area contributed by atoms with Crippen molar-refractivity contribution in [1.29, 1.82) is 0 Å². The van der Waals surface area contributed by atoms with Crippen molar-refractivity contribution in [2.75, 3.05) is 14.2 Å². The Kier molecular flexibility index (Phi) is 4.35. The van der Waals surface area contributed by atoms with Gasteiger partial charge in [0.15, 0.2) is 0 Å². The van der Waals surface area contributed by atoms with Crippen molar-refractivity contribution in [1.82, 2.24) is 15.3 Å². The highest BCUT2D eigenvalue weighted by Gasteiger charge is 2.20. The second-order valence-electron chi connectivity index (χ2n) is 4.17. The fraction of sp³-hybridized carbons (Fsp3) is 0.286. The van der Waals surface area contributed by atoms with Crippen LogP contribution in [0, 0.1) is 6.92 Å². The molecule has 1 atom stereocenters. The van der Waals surface area contributed by atoms with E-state index in [1.54, 1.807) is 19.5 Å². The highest BCUT2D eigenvalue weighted by atomic mass is 35.5. The summed E-state index contributed by atoms with van der Waals surface area (Å²) < 4.78 is 5.27. The average Bonchev–Trinajstić information content (AvgIpc) is 2.44. The van der Waals surface area contributed by atoms with Crippen molar-refractivity contribution in [3.05, 3.63) is 52.4 Å². The molecule has 0 saturated heterocycles. The second kappa shape index (κ2) is 5.99. The molecular weight excluding hydrogens is 262 g/mol. The molecule has 0 aliphatic carbocycles. The fourth-order valence-electron chi connectivity index (χ4n) is 2.05. The van der Waals surface area contributed by atoms with Crippen LogP contribution in [0.15, 0.2) is 30.6 Å². The predicted molar refractivity (Wildman–Crippen MR) is 75.7 cm³/mol. The van der Waals surface area contributed by atoms with E-state index < -0.39 is 0 Å². The molecule has 1 unspecified atom stereocenters. The van der Waals surface area contributed by atoms with Gasteiger partial charge in [-0.25, -0.2) is 4.98 Å². The van der Waals surface area contributed by atoms with Crippen LogP contribution < -0.4 is 10.1 Å². The van der Waals surface area contributed by atoms with Gasteiger partial charge in [0.05, 0.1) is 13.2 Å². The van der Waals surface area contributed by atoms with Gasteiger partial charge in [-0.15, -0.1) is 0 Å². The Hall–Kier alpha value is -1.65. The number of hydrogen-bond donors (Lipinski definition) is 1. The standard InChI is InChI=1S/C14H16ClN3O/c1-9-4-5-10(15)8-11(9)12(16-2)13-14(19-3)18-7-6-17-13/h4-8,12,16H,1-3H3. The molecule has 0 bridgehead atoms. The third kappa shape index (κ3) is 2.85. The van der Waals surface area contributed by atoms with Crippen LogP contribution in [0.1, 0.15) is 22.9 Å². The minimum Gasteiger partial charge on any atom is -0.480 e. The lowest BCUT2D eigenvalue weighted by Gasteiger charge is -2.19. The first kappa shape index (κ1) is 13.8. The molecule has 0 radical (unpaired) electrons. The van der Waals surface area contributed by atoms with Gasteiger partial charge in [0, 0.05) is 17.4 Å². The van der Waals surface area contributed by atoms with Gasteiger partial charge in [-0.1, -0.05) is 17.7 Å². The van der Waals surface area contributed by atoms with Gasteiger partial charge in [0.25, 0.3) is 0 Å². The van der Waals surface area contributed by atoms with E-state index >= 15 is 0 Å². The SMILES string of the molecule is CNC(c1cc(Cl)ccc1C)c1nccnc1OC. The van der Waals surface area contributed by atoms with Crippen molar-refractivity contribution >= 4 is 11.6 Å². The summed E-state index contributed by atoms with van der Waals surface area (Å²) >= 11 is 6.08. The van der Waals surface area contributed by atoms with Crippen LogP contribution in [-0.2, 0) is 0 Å². The van der Waals surface area contributed by atoms with E-state index in [4.69, 9.17) is 16.3 Å². The first-order chi connectivity index (χ1) is 9.17. The van der Waals surface area contributed by atoms with Gasteiger partial charge in [-0.2, -0.15) is 0 Å². The van der Waals surface area contributed by atoms with Crippen molar-refractivity contribution in [2.45, 2.75) is 13.0 Å². The summed E-state index contributed by atoms with van der Waals surface area (Å²) in [6.07, 6.45) is 3.27. The molecule has 19 heavy (non-hydrogen) atoms. The van der Waals surface area contributed by atoms with E-state index in [2.05, 4.69) is 15.3 Å². The summed E-state index contributed by atoms with van der Waals surface area (Å²) in [5.41, 5.74) is 2.95. The Morgan fingerprint density at radius 1 is 1.26 bits per heavy atom. The van der Waals surface area contributed by atoms with Crippen LogP contribution in [-0.4, -0.2) is 24.1 Å². The minimum absolute atomic E-state index is 0.109. The molecule has 1 N–H and O–H groups in total. The van der Waals surface area contributed by atoms with Gasteiger partial charge in [0.2, 0.25) is 5.88 Å². The Morgan fingerprint density at radius 3 is 2.68 bits per heavy atom. The highest BCUT2D eigenvalue weighted by molar-refractivity contribution is 6.30. The van der Waals surface area contributed by atoms with Gasteiger partial charge in [0.1, 0.15) is 5.69 Å².